The van der Waals surface area contributed by atoms with Crippen molar-refractivity contribution in [2.45, 2.75) is 154 Å². The molecule has 0 unspecified atom stereocenters. The van der Waals surface area contributed by atoms with Crippen LogP contribution in [0.15, 0.2) is 24.3 Å². The van der Waals surface area contributed by atoms with Crippen LogP contribution in [0.2, 0.25) is 0 Å². The molecule has 10 nitrogen and oxygen atoms in total. The van der Waals surface area contributed by atoms with Gasteiger partial charge in [0.2, 0.25) is 11.6 Å². The molecule has 0 radical (unpaired) electrons. The normalized spacial score (nSPS) is 48.6. The van der Waals surface area contributed by atoms with Gasteiger partial charge in [-0.15, -0.1) is 0 Å². The van der Waals surface area contributed by atoms with E-state index in [2.05, 4.69) is 51.4 Å². The molecule has 0 amide bonds. The van der Waals surface area contributed by atoms with Crippen LogP contribution in [0.25, 0.3) is 0 Å². The fourth-order valence-electron chi connectivity index (χ4n) is 11.6. The van der Waals surface area contributed by atoms with Crippen LogP contribution in [-0.4, -0.2) is 61.2 Å². The van der Waals surface area contributed by atoms with Crippen molar-refractivity contribution in [2.75, 3.05) is 13.2 Å². The molecule has 10 heteroatoms. The second-order valence-electron chi connectivity index (χ2n) is 18.0. The molecule has 0 aromatic heterocycles. The average molecular weight is 747 g/mol. The summed E-state index contributed by atoms with van der Waals surface area (Å²) in [6.07, 6.45) is 7.48. The topological polar surface area (TPSA) is 92.3 Å². The first kappa shape index (κ1) is 37.5. The van der Waals surface area contributed by atoms with Crippen molar-refractivity contribution in [2.24, 2.45) is 47.3 Å². The third-order valence-electron chi connectivity index (χ3n) is 14.5. The van der Waals surface area contributed by atoms with E-state index in [1.165, 1.54) is 12.8 Å². The Bertz CT molecular complexity index is 1560. The molecule has 8 saturated heterocycles. The van der Waals surface area contributed by atoms with E-state index in [1.807, 2.05) is 38.1 Å². The summed E-state index contributed by atoms with van der Waals surface area (Å²) in [6, 6.07) is 8.05. The molecule has 2 spiro atoms. The maximum Gasteiger partial charge on any atom is 0.201 e. The Hall–Kier alpha value is -2.06. The molecule has 4 bridgehead atoms. The first-order chi connectivity index (χ1) is 26.0. The lowest BCUT2D eigenvalue weighted by Crippen LogP contribution is -2.70. The summed E-state index contributed by atoms with van der Waals surface area (Å²) in [5, 5.41) is 0. The molecule has 8 aliphatic heterocycles. The van der Waals surface area contributed by atoms with Gasteiger partial charge >= 0.3 is 0 Å². The monoisotopic (exact) mass is 746 g/mol. The number of benzene rings is 1. The van der Waals surface area contributed by atoms with Crippen molar-refractivity contribution in [3.8, 4) is 23.7 Å². The van der Waals surface area contributed by atoms with Crippen LogP contribution in [0, 0.1) is 71.0 Å². The highest BCUT2D eigenvalue weighted by Gasteiger charge is 2.71. The number of hydrogen-bond donors (Lipinski definition) is 0. The van der Waals surface area contributed by atoms with Gasteiger partial charge in [-0.1, -0.05) is 57.4 Å². The van der Waals surface area contributed by atoms with Crippen LogP contribution >= 0.6 is 0 Å². The third-order valence-corrected chi connectivity index (χ3v) is 14.5. The molecule has 294 valence electrons. The minimum atomic E-state index is -0.791. The quantitative estimate of drug-likeness (QED) is 0.165. The second kappa shape index (κ2) is 14.4. The van der Waals surface area contributed by atoms with Gasteiger partial charge in [0, 0.05) is 60.5 Å². The Morgan fingerprint density at radius 3 is 1.54 bits per heavy atom. The molecule has 2 saturated carbocycles. The van der Waals surface area contributed by atoms with Gasteiger partial charge in [-0.05, 0) is 94.2 Å². The van der Waals surface area contributed by atoms with E-state index in [0.29, 0.717) is 49.7 Å². The van der Waals surface area contributed by atoms with Crippen LogP contribution < -0.4 is 0 Å². The fraction of sp³-hybridized carbons (Fsp3) is 0.773. The zero-order chi connectivity index (χ0) is 37.3. The third kappa shape index (κ3) is 6.29. The summed E-state index contributed by atoms with van der Waals surface area (Å²) >= 11 is 0. The van der Waals surface area contributed by atoms with E-state index in [0.717, 1.165) is 49.7 Å². The fourth-order valence-corrected chi connectivity index (χ4v) is 11.6. The van der Waals surface area contributed by atoms with Crippen LogP contribution in [0.3, 0.4) is 0 Å². The molecule has 10 aliphatic rings. The number of hydrogen-bond acceptors (Lipinski definition) is 10. The largest absolute Gasteiger partial charge is 0.351 e. The van der Waals surface area contributed by atoms with Crippen LogP contribution in [0.4, 0.5) is 0 Å². The SMILES string of the molecule is C[C@H]1[C@@H](OCCC#Cc2cccc(C#CCCO[C@H]3O[C@@H]4O[C@@]5(C)CC[C@H]6[C@H](C)CC[C@@H]([C@H]3C)[C@@]46OO5)c2)O[C@@H]2O[C@@]3(C)CC[C@H]4[C@H](C)CC[C@@H]1[C@@]24OO3. The molecule has 2 aliphatic carbocycles. The van der Waals surface area contributed by atoms with Gasteiger partial charge in [-0.25, -0.2) is 19.6 Å². The Balaban J connectivity index is 0.763. The first-order valence-corrected chi connectivity index (χ1v) is 20.7. The van der Waals surface area contributed by atoms with E-state index in [4.69, 9.17) is 48.0 Å². The van der Waals surface area contributed by atoms with Gasteiger partial charge in [-0.2, -0.15) is 0 Å². The smallest absolute Gasteiger partial charge is 0.201 e. The van der Waals surface area contributed by atoms with E-state index >= 15 is 0 Å². The number of fused-ring (bicyclic) bond motifs is 4. The first-order valence-electron chi connectivity index (χ1n) is 20.7. The lowest BCUT2D eigenvalue weighted by Gasteiger charge is -2.60. The van der Waals surface area contributed by atoms with Crippen molar-refractivity contribution >= 4 is 0 Å². The van der Waals surface area contributed by atoms with Crippen LogP contribution in [0.1, 0.15) is 117 Å². The Morgan fingerprint density at radius 2 is 1.07 bits per heavy atom. The standard InChI is InChI=1S/C44H58O10/c1-27-16-18-35-29(3)37(47-39-43(35)33(27)20-22-41(5,49-39)51-53-43)45-24-9-7-12-31-14-11-15-32(26-31)13-8-10-25-46-38-30(4)36-19-17-28(2)34-21-23-42(6)50-40(48-38)44(34,36)54-52-42/h11,14-15,26-30,33-40H,9-10,16-25H2,1-6H3/t27-,28-,29-,30-,33+,34+,35+,36+,37+,38+,39-,40-,41-,42-,43-,44-/m1/s1. The van der Waals surface area contributed by atoms with E-state index < -0.39 is 35.4 Å². The van der Waals surface area contributed by atoms with Crippen molar-refractivity contribution in [3.05, 3.63) is 35.4 Å². The van der Waals surface area contributed by atoms with E-state index in [1.54, 1.807) is 0 Å². The summed E-state index contributed by atoms with van der Waals surface area (Å²) < 4.78 is 38.7. The second-order valence-corrected chi connectivity index (χ2v) is 18.0. The lowest BCUT2D eigenvalue weighted by atomic mass is 9.58. The summed E-state index contributed by atoms with van der Waals surface area (Å²) in [5.74, 6) is 14.1. The number of ether oxygens (including phenoxy) is 6. The van der Waals surface area contributed by atoms with Gasteiger partial charge in [0.05, 0.1) is 13.2 Å². The van der Waals surface area contributed by atoms with Gasteiger partial charge in [-0.3, -0.25) is 0 Å². The highest BCUT2D eigenvalue weighted by atomic mass is 17.3. The summed E-state index contributed by atoms with van der Waals surface area (Å²) in [5.41, 5.74) is 0.696. The Morgan fingerprint density at radius 1 is 0.611 bits per heavy atom. The number of rotatable bonds is 6. The molecule has 10 fully saturated rings. The van der Waals surface area contributed by atoms with Crippen molar-refractivity contribution in [1.29, 1.82) is 0 Å². The molecule has 8 heterocycles. The Labute approximate surface area is 320 Å². The highest BCUT2D eigenvalue weighted by Crippen LogP contribution is 2.62. The molecule has 1 aromatic rings. The minimum absolute atomic E-state index is 0.146. The Kier molecular flexibility index (Phi) is 10.0. The van der Waals surface area contributed by atoms with Crippen molar-refractivity contribution < 1.29 is 48.0 Å². The van der Waals surface area contributed by atoms with Crippen LogP contribution in [0.5, 0.6) is 0 Å². The predicted octanol–water partition coefficient (Wildman–Crippen LogP) is 7.62. The molecule has 16 atom stereocenters. The van der Waals surface area contributed by atoms with Crippen molar-refractivity contribution in [3.63, 3.8) is 0 Å². The maximum absolute atomic E-state index is 6.55. The zero-order valence-electron chi connectivity index (χ0n) is 32.8. The molecule has 1 aromatic carbocycles. The maximum atomic E-state index is 6.55. The molecular weight excluding hydrogens is 688 g/mol. The van der Waals surface area contributed by atoms with Gasteiger partial charge < -0.3 is 28.4 Å². The van der Waals surface area contributed by atoms with E-state index in [-0.39, 0.29) is 36.3 Å². The lowest BCUT2D eigenvalue weighted by molar-refractivity contribution is -0.577. The van der Waals surface area contributed by atoms with Crippen LogP contribution in [-0.2, 0) is 48.0 Å². The summed E-state index contributed by atoms with van der Waals surface area (Å²) in [6.45, 7) is 13.9. The van der Waals surface area contributed by atoms with Crippen molar-refractivity contribution in [1.82, 2.24) is 0 Å². The average Bonchev–Trinajstić information content (AvgIpc) is 3.53. The van der Waals surface area contributed by atoms with E-state index in [9.17, 15) is 0 Å². The van der Waals surface area contributed by atoms with Gasteiger partial charge in [0.25, 0.3) is 0 Å². The summed E-state index contributed by atoms with van der Waals surface area (Å²) in [7, 11) is 0. The molecule has 0 N–H and O–H groups in total. The minimum Gasteiger partial charge on any atom is -0.351 e. The zero-order valence-corrected chi connectivity index (χ0v) is 32.8. The van der Waals surface area contributed by atoms with Gasteiger partial charge in [0.1, 0.15) is 0 Å². The highest BCUT2D eigenvalue weighted by molar-refractivity contribution is 5.43. The predicted molar refractivity (Wildman–Crippen MR) is 195 cm³/mol. The molecule has 11 rings (SSSR count). The summed E-state index contributed by atoms with van der Waals surface area (Å²) in [4.78, 5) is 24.4. The van der Waals surface area contributed by atoms with Gasteiger partial charge in [0.15, 0.2) is 36.4 Å². The molecule has 54 heavy (non-hydrogen) atoms. The molecular formula is C44H58O10.